The monoisotopic (exact) mass is 316 g/mol. The molecule has 1 aliphatic heterocycles. The van der Waals surface area contributed by atoms with E-state index in [9.17, 15) is 5.11 Å². The quantitative estimate of drug-likeness (QED) is 0.888. The maximum atomic E-state index is 9.40. The third-order valence-corrected chi connectivity index (χ3v) is 5.20. The minimum absolute atomic E-state index is 0.267. The topological polar surface area (TPSA) is 26.7 Å². The van der Waals surface area contributed by atoms with Crippen molar-refractivity contribution in [2.45, 2.75) is 25.6 Å². The number of piperazine rings is 1. The number of hydrogen-bond acceptors (Lipinski definition) is 4. The molecule has 1 atom stereocenters. The van der Waals surface area contributed by atoms with E-state index in [4.69, 9.17) is 0 Å². The first-order valence-electron chi connectivity index (χ1n) is 7.99. The molecule has 2 aromatic rings. The van der Waals surface area contributed by atoms with Gasteiger partial charge in [0.05, 0.1) is 0 Å². The van der Waals surface area contributed by atoms with Gasteiger partial charge in [-0.2, -0.15) is 0 Å². The Morgan fingerprint density at radius 3 is 2.64 bits per heavy atom. The highest BCUT2D eigenvalue weighted by Gasteiger charge is 2.26. The lowest BCUT2D eigenvalue weighted by Gasteiger charge is -2.41. The van der Waals surface area contributed by atoms with Crippen LogP contribution in [-0.4, -0.2) is 47.2 Å². The molecule has 0 aliphatic carbocycles. The van der Waals surface area contributed by atoms with Crippen LogP contribution in [0.25, 0.3) is 0 Å². The summed E-state index contributed by atoms with van der Waals surface area (Å²) in [6, 6.07) is 15.4. The fourth-order valence-corrected chi connectivity index (χ4v) is 3.92. The van der Waals surface area contributed by atoms with E-state index in [-0.39, 0.29) is 6.61 Å². The van der Waals surface area contributed by atoms with Gasteiger partial charge in [0.1, 0.15) is 0 Å². The molecule has 1 aromatic carbocycles. The molecule has 0 bridgehead atoms. The predicted octanol–water partition coefficient (Wildman–Crippen LogP) is 2.82. The predicted molar refractivity (Wildman–Crippen MR) is 91.9 cm³/mol. The third kappa shape index (κ3) is 4.17. The molecule has 118 valence electrons. The summed E-state index contributed by atoms with van der Waals surface area (Å²) in [4.78, 5) is 6.48. The lowest BCUT2D eigenvalue weighted by Crippen LogP contribution is -2.52. The Morgan fingerprint density at radius 2 is 1.91 bits per heavy atom. The van der Waals surface area contributed by atoms with Crippen LogP contribution >= 0.6 is 11.3 Å². The van der Waals surface area contributed by atoms with Crippen molar-refractivity contribution < 1.29 is 5.11 Å². The van der Waals surface area contributed by atoms with Crippen LogP contribution in [0, 0.1) is 0 Å². The Balaban J connectivity index is 1.60. The number of aliphatic hydroxyl groups excluding tert-OH is 1. The smallest absolute Gasteiger partial charge is 0.0446 e. The molecule has 0 saturated carbocycles. The summed E-state index contributed by atoms with van der Waals surface area (Å²) in [5.74, 6) is 0. The second-order valence-corrected chi connectivity index (χ2v) is 6.97. The van der Waals surface area contributed by atoms with Gasteiger partial charge in [0.2, 0.25) is 0 Å². The van der Waals surface area contributed by atoms with Crippen molar-refractivity contribution in [1.82, 2.24) is 9.80 Å². The molecule has 3 nitrogen and oxygen atoms in total. The van der Waals surface area contributed by atoms with Crippen LogP contribution in [0.4, 0.5) is 0 Å². The van der Waals surface area contributed by atoms with E-state index in [2.05, 4.69) is 57.6 Å². The summed E-state index contributed by atoms with van der Waals surface area (Å²) in [6.45, 7) is 5.52. The molecule has 1 N–H and O–H groups in total. The van der Waals surface area contributed by atoms with Gasteiger partial charge in [0.15, 0.2) is 0 Å². The molecule has 4 heteroatoms. The SMILES string of the molecule is OCC[C@@H]1CN(Cc2cccs2)CCN1Cc1ccccc1. The van der Waals surface area contributed by atoms with E-state index in [1.54, 1.807) is 0 Å². The third-order valence-electron chi connectivity index (χ3n) is 4.34. The van der Waals surface area contributed by atoms with E-state index in [1.165, 1.54) is 10.4 Å². The normalized spacial score (nSPS) is 20.3. The van der Waals surface area contributed by atoms with Gasteiger partial charge in [-0.05, 0) is 23.4 Å². The van der Waals surface area contributed by atoms with Crippen LogP contribution in [0.1, 0.15) is 16.9 Å². The number of benzene rings is 1. The molecule has 1 aromatic heterocycles. The highest BCUT2D eigenvalue weighted by molar-refractivity contribution is 7.09. The minimum Gasteiger partial charge on any atom is -0.396 e. The lowest BCUT2D eigenvalue weighted by atomic mass is 10.1. The lowest BCUT2D eigenvalue weighted by molar-refractivity contribution is 0.0504. The molecule has 1 saturated heterocycles. The van der Waals surface area contributed by atoms with Gasteiger partial charge in [-0.1, -0.05) is 36.4 Å². The zero-order chi connectivity index (χ0) is 15.2. The maximum Gasteiger partial charge on any atom is 0.0446 e. The molecular formula is C18H24N2OS. The van der Waals surface area contributed by atoms with Crippen LogP contribution in [0.5, 0.6) is 0 Å². The number of nitrogens with zero attached hydrogens (tertiary/aromatic N) is 2. The first-order valence-corrected chi connectivity index (χ1v) is 8.86. The standard InChI is InChI=1S/C18H24N2OS/c21-11-8-17-14-19(15-18-7-4-12-22-18)9-10-20(17)13-16-5-2-1-3-6-16/h1-7,12,17,21H,8-11,13-15H2/t17-/m1/s1. The number of aliphatic hydroxyl groups is 1. The van der Waals surface area contributed by atoms with Crippen LogP contribution in [-0.2, 0) is 13.1 Å². The van der Waals surface area contributed by atoms with Crippen LogP contribution in [0.15, 0.2) is 47.8 Å². The van der Waals surface area contributed by atoms with Crippen molar-refractivity contribution in [3.63, 3.8) is 0 Å². The number of thiophene rings is 1. The van der Waals surface area contributed by atoms with Crippen molar-refractivity contribution in [2.75, 3.05) is 26.2 Å². The summed E-state index contributed by atoms with van der Waals surface area (Å²) >= 11 is 1.83. The fourth-order valence-electron chi connectivity index (χ4n) is 3.17. The van der Waals surface area contributed by atoms with E-state index in [1.807, 2.05) is 11.3 Å². The van der Waals surface area contributed by atoms with E-state index >= 15 is 0 Å². The summed E-state index contributed by atoms with van der Waals surface area (Å²) in [7, 11) is 0. The van der Waals surface area contributed by atoms with E-state index < -0.39 is 0 Å². The fraction of sp³-hybridized carbons (Fsp3) is 0.444. The molecule has 1 aliphatic rings. The minimum atomic E-state index is 0.267. The van der Waals surface area contributed by atoms with Crippen molar-refractivity contribution >= 4 is 11.3 Å². The molecule has 0 unspecified atom stereocenters. The van der Waals surface area contributed by atoms with E-state index in [0.717, 1.165) is 39.1 Å². The molecule has 2 heterocycles. The Bertz CT molecular complexity index is 543. The van der Waals surface area contributed by atoms with Crippen LogP contribution in [0.2, 0.25) is 0 Å². The van der Waals surface area contributed by atoms with Gasteiger partial charge >= 0.3 is 0 Å². The Hall–Kier alpha value is -1.20. The van der Waals surface area contributed by atoms with Gasteiger partial charge in [0, 0.05) is 50.2 Å². The molecule has 1 fully saturated rings. The molecule has 0 amide bonds. The largest absolute Gasteiger partial charge is 0.396 e. The highest BCUT2D eigenvalue weighted by Crippen LogP contribution is 2.19. The summed E-state index contributed by atoms with van der Waals surface area (Å²) in [5.41, 5.74) is 1.36. The zero-order valence-electron chi connectivity index (χ0n) is 12.9. The summed E-state index contributed by atoms with van der Waals surface area (Å²) in [6.07, 6.45) is 0.855. The molecule has 0 radical (unpaired) electrons. The average molecular weight is 316 g/mol. The average Bonchev–Trinajstić information content (AvgIpc) is 3.04. The Kier molecular flexibility index (Phi) is 5.62. The molecular weight excluding hydrogens is 292 g/mol. The second kappa shape index (κ2) is 7.88. The van der Waals surface area contributed by atoms with Crippen molar-refractivity contribution in [3.05, 3.63) is 58.3 Å². The highest BCUT2D eigenvalue weighted by atomic mass is 32.1. The summed E-state index contributed by atoms with van der Waals surface area (Å²) in [5, 5.41) is 11.5. The molecule has 0 spiro atoms. The van der Waals surface area contributed by atoms with Gasteiger partial charge in [-0.15, -0.1) is 11.3 Å². The molecule has 3 rings (SSSR count). The van der Waals surface area contributed by atoms with Crippen molar-refractivity contribution in [2.24, 2.45) is 0 Å². The number of hydrogen-bond donors (Lipinski definition) is 1. The Morgan fingerprint density at radius 1 is 1.05 bits per heavy atom. The van der Waals surface area contributed by atoms with Gasteiger partial charge in [0.25, 0.3) is 0 Å². The van der Waals surface area contributed by atoms with Crippen LogP contribution < -0.4 is 0 Å². The maximum absolute atomic E-state index is 9.40. The first kappa shape index (κ1) is 15.7. The Labute approximate surface area is 136 Å². The zero-order valence-corrected chi connectivity index (χ0v) is 13.7. The first-order chi connectivity index (χ1) is 10.8. The number of rotatable bonds is 6. The van der Waals surface area contributed by atoms with Crippen molar-refractivity contribution in [3.8, 4) is 0 Å². The van der Waals surface area contributed by atoms with Crippen LogP contribution in [0.3, 0.4) is 0 Å². The molecule has 22 heavy (non-hydrogen) atoms. The van der Waals surface area contributed by atoms with Crippen molar-refractivity contribution in [1.29, 1.82) is 0 Å². The second-order valence-electron chi connectivity index (χ2n) is 5.94. The van der Waals surface area contributed by atoms with Gasteiger partial charge < -0.3 is 5.11 Å². The van der Waals surface area contributed by atoms with Gasteiger partial charge in [-0.25, -0.2) is 0 Å². The van der Waals surface area contributed by atoms with E-state index in [0.29, 0.717) is 6.04 Å². The van der Waals surface area contributed by atoms with Gasteiger partial charge in [-0.3, -0.25) is 9.80 Å². The summed E-state index contributed by atoms with van der Waals surface area (Å²) < 4.78 is 0.